The van der Waals surface area contributed by atoms with Crippen LogP contribution in [0.5, 0.6) is 0 Å². The number of ether oxygens (including phenoxy) is 1. The van der Waals surface area contributed by atoms with Crippen LogP contribution in [0.25, 0.3) is 0 Å². The Labute approximate surface area is 104 Å². The lowest BCUT2D eigenvalue weighted by atomic mass is 10.1. The van der Waals surface area contributed by atoms with Gasteiger partial charge in [-0.3, -0.25) is 4.79 Å². The first kappa shape index (κ1) is 14.5. The molecule has 2 unspecified atom stereocenters. The van der Waals surface area contributed by atoms with Crippen LogP contribution in [-0.2, 0) is 9.53 Å². The van der Waals surface area contributed by atoms with Crippen molar-refractivity contribution in [1.29, 1.82) is 0 Å². The lowest BCUT2D eigenvalue weighted by Gasteiger charge is -2.23. The van der Waals surface area contributed by atoms with E-state index < -0.39 is 0 Å². The SMILES string of the molecule is CC(C)NC(=O)C(C)NCCC1CCCCO1. The van der Waals surface area contributed by atoms with E-state index in [1.165, 1.54) is 12.8 Å². The Hall–Kier alpha value is -0.610. The van der Waals surface area contributed by atoms with Gasteiger partial charge in [0.15, 0.2) is 0 Å². The van der Waals surface area contributed by atoms with Crippen LogP contribution in [0.4, 0.5) is 0 Å². The molecule has 1 fully saturated rings. The van der Waals surface area contributed by atoms with Crippen molar-refractivity contribution in [2.75, 3.05) is 13.2 Å². The second-order valence-electron chi connectivity index (χ2n) is 5.12. The van der Waals surface area contributed by atoms with E-state index in [9.17, 15) is 4.79 Å². The molecule has 4 nitrogen and oxygen atoms in total. The van der Waals surface area contributed by atoms with Crippen LogP contribution in [0.3, 0.4) is 0 Å². The molecule has 0 aromatic heterocycles. The number of nitrogens with one attached hydrogen (secondary N) is 2. The minimum absolute atomic E-state index is 0.0737. The van der Waals surface area contributed by atoms with Crippen LogP contribution in [0.15, 0.2) is 0 Å². The summed E-state index contributed by atoms with van der Waals surface area (Å²) in [4.78, 5) is 11.6. The fourth-order valence-electron chi connectivity index (χ4n) is 2.00. The van der Waals surface area contributed by atoms with E-state index >= 15 is 0 Å². The molecule has 1 aliphatic rings. The molecule has 1 amide bonds. The van der Waals surface area contributed by atoms with E-state index in [-0.39, 0.29) is 18.0 Å². The normalized spacial score (nSPS) is 22.5. The molecule has 2 N–H and O–H groups in total. The van der Waals surface area contributed by atoms with Gasteiger partial charge in [0.25, 0.3) is 0 Å². The van der Waals surface area contributed by atoms with Crippen LogP contribution in [-0.4, -0.2) is 37.2 Å². The molecule has 0 bridgehead atoms. The molecule has 2 atom stereocenters. The Morgan fingerprint density at radius 2 is 2.12 bits per heavy atom. The quantitative estimate of drug-likeness (QED) is 0.741. The predicted octanol–water partition coefficient (Wildman–Crippen LogP) is 1.45. The molecule has 1 aliphatic heterocycles. The van der Waals surface area contributed by atoms with Gasteiger partial charge in [-0.2, -0.15) is 0 Å². The van der Waals surface area contributed by atoms with Crippen molar-refractivity contribution in [3.63, 3.8) is 0 Å². The van der Waals surface area contributed by atoms with Crippen LogP contribution >= 0.6 is 0 Å². The predicted molar refractivity (Wildman–Crippen MR) is 69.0 cm³/mol. The summed E-state index contributed by atoms with van der Waals surface area (Å²) in [6.45, 7) is 7.59. The largest absolute Gasteiger partial charge is 0.378 e. The molecule has 0 aromatic rings. The molecule has 1 heterocycles. The zero-order valence-corrected chi connectivity index (χ0v) is 11.3. The van der Waals surface area contributed by atoms with Gasteiger partial charge >= 0.3 is 0 Å². The molecule has 0 aliphatic carbocycles. The standard InChI is InChI=1S/C13H26N2O2/c1-10(2)15-13(16)11(3)14-8-7-12-6-4-5-9-17-12/h10-12,14H,4-9H2,1-3H3,(H,15,16). The number of hydrogen-bond acceptors (Lipinski definition) is 3. The summed E-state index contributed by atoms with van der Waals surface area (Å²) >= 11 is 0. The third-order valence-electron chi connectivity index (χ3n) is 3.02. The van der Waals surface area contributed by atoms with E-state index in [4.69, 9.17) is 4.74 Å². The van der Waals surface area contributed by atoms with Crippen LogP contribution in [0.1, 0.15) is 46.5 Å². The minimum Gasteiger partial charge on any atom is -0.378 e. The monoisotopic (exact) mass is 242 g/mol. The highest BCUT2D eigenvalue weighted by Gasteiger charge is 2.16. The average Bonchev–Trinajstić information content (AvgIpc) is 2.29. The highest BCUT2D eigenvalue weighted by molar-refractivity contribution is 5.81. The van der Waals surface area contributed by atoms with Gasteiger partial charge in [-0.05, 0) is 53.0 Å². The van der Waals surface area contributed by atoms with Crippen molar-refractivity contribution in [2.45, 2.75) is 64.6 Å². The Morgan fingerprint density at radius 1 is 1.35 bits per heavy atom. The van der Waals surface area contributed by atoms with E-state index in [0.29, 0.717) is 6.10 Å². The molecule has 0 aromatic carbocycles. The molecular weight excluding hydrogens is 216 g/mol. The smallest absolute Gasteiger partial charge is 0.237 e. The van der Waals surface area contributed by atoms with Crippen molar-refractivity contribution >= 4 is 5.91 Å². The summed E-state index contributed by atoms with van der Waals surface area (Å²) < 4.78 is 5.64. The molecule has 4 heteroatoms. The lowest BCUT2D eigenvalue weighted by molar-refractivity contribution is -0.123. The van der Waals surface area contributed by atoms with E-state index in [1.54, 1.807) is 0 Å². The topological polar surface area (TPSA) is 50.4 Å². The summed E-state index contributed by atoms with van der Waals surface area (Å²) in [7, 11) is 0. The Balaban J connectivity index is 2.10. The molecule has 0 spiro atoms. The van der Waals surface area contributed by atoms with Gasteiger partial charge in [0, 0.05) is 12.6 Å². The first-order chi connectivity index (χ1) is 8.09. The summed E-state index contributed by atoms with van der Waals surface area (Å²) in [6, 6.07) is 0.0782. The third kappa shape index (κ3) is 6.03. The molecule has 17 heavy (non-hydrogen) atoms. The first-order valence-corrected chi connectivity index (χ1v) is 6.75. The van der Waals surface area contributed by atoms with Gasteiger partial charge in [-0.15, -0.1) is 0 Å². The van der Waals surface area contributed by atoms with Gasteiger partial charge in [0.2, 0.25) is 5.91 Å². The second-order valence-corrected chi connectivity index (χ2v) is 5.12. The highest BCUT2D eigenvalue weighted by atomic mass is 16.5. The Morgan fingerprint density at radius 3 is 2.71 bits per heavy atom. The van der Waals surface area contributed by atoms with E-state index in [1.807, 2.05) is 20.8 Å². The average molecular weight is 242 g/mol. The Bertz CT molecular complexity index is 225. The van der Waals surface area contributed by atoms with Gasteiger partial charge in [0.05, 0.1) is 12.1 Å². The maximum Gasteiger partial charge on any atom is 0.237 e. The maximum absolute atomic E-state index is 11.6. The van der Waals surface area contributed by atoms with Crippen molar-refractivity contribution in [2.24, 2.45) is 0 Å². The van der Waals surface area contributed by atoms with Crippen molar-refractivity contribution in [3.05, 3.63) is 0 Å². The van der Waals surface area contributed by atoms with Gasteiger partial charge in [-0.25, -0.2) is 0 Å². The fraction of sp³-hybridized carbons (Fsp3) is 0.923. The second kappa shape index (κ2) is 7.67. The zero-order valence-electron chi connectivity index (χ0n) is 11.3. The van der Waals surface area contributed by atoms with Crippen molar-refractivity contribution in [3.8, 4) is 0 Å². The number of carbonyl (C=O) groups excluding carboxylic acids is 1. The van der Waals surface area contributed by atoms with Crippen LogP contribution < -0.4 is 10.6 Å². The maximum atomic E-state index is 11.6. The van der Waals surface area contributed by atoms with Crippen molar-refractivity contribution in [1.82, 2.24) is 10.6 Å². The molecule has 0 radical (unpaired) electrons. The molecule has 1 saturated heterocycles. The third-order valence-corrected chi connectivity index (χ3v) is 3.02. The number of rotatable bonds is 6. The Kier molecular flexibility index (Phi) is 6.52. The van der Waals surface area contributed by atoms with Gasteiger partial charge in [0.1, 0.15) is 0 Å². The molecule has 100 valence electrons. The summed E-state index contributed by atoms with van der Waals surface area (Å²) in [5.41, 5.74) is 0. The number of hydrogen-bond donors (Lipinski definition) is 2. The molecular formula is C13H26N2O2. The summed E-state index contributed by atoms with van der Waals surface area (Å²) in [5.74, 6) is 0.0737. The van der Waals surface area contributed by atoms with Gasteiger partial charge in [-0.1, -0.05) is 0 Å². The summed E-state index contributed by atoms with van der Waals surface area (Å²) in [6.07, 6.45) is 5.01. The van der Waals surface area contributed by atoms with Gasteiger partial charge < -0.3 is 15.4 Å². The van der Waals surface area contributed by atoms with E-state index in [0.717, 1.165) is 26.0 Å². The fourth-order valence-corrected chi connectivity index (χ4v) is 2.00. The van der Waals surface area contributed by atoms with E-state index in [2.05, 4.69) is 10.6 Å². The van der Waals surface area contributed by atoms with Crippen LogP contribution in [0, 0.1) is 0 Å². The number of carbonyl (C=O) groups is 1. The summed E-state index contributed by atoms with van der Waals surface area (Å²) in [5, 5.41) is 6.14. The zero-order chi connectivity index (χ0) is 12.7. The van der Waals surface area contributed by atoms with Crippen molar-refractivity contribution < 1.29 is 9.53 Å². The minimum atomic E-state index is -0.124. The van der Waals surface area contributed by atoms with Crippen LogP contribution in [0.2, 0.25) is 0 Å². The molecule has 0 saturated carbocycles. The lowest BCUT2D eigenvalue weighted by Crippen LogP contribution is -2.45. The highest BCUT2D eigenvalue weighted by Crippen LogP contribution is 2.14. The number of amides is 1. The first-order valence-electron chi connectivity index (χ1n) is 6.75. The molecule has 1 rings (SSSR count).